The van der Waals surface area contributed by atoms with Crippen LogP contribution >= 0.6 is 0 Å². The molecule has 0 amide bonds. The fourth-order valence-electron chi connectivity index (χ4n) is 6.87. The summed E-state index contributed by atoms with van der Waals surface area (Å²) in [5.74, 6) is 1.73. The zero-order valence-electron chi connectivity index (χ0n) is 32.7. The number of nitrogens with two attached hydrogens (primary N) is 1. The average Bonchev–Trinajstić information content (AvgIpc) is 3.79. The van der Waals surface area contributed by atoms with Gasteiger partial charge in [-0.05, 0) is 106 Å². The Labute approximate surface area is 319 Å². The van der Waals surface area contributed by atoms with Crippen molar-refractivity contribution in [3.05, 3.63) is 69.8 Å². The Morgan fingerprint density at radius 3 is 1.46 bits per heavy atom. The minimum Gasteiger partial charge on any atom is -0.492 e. The molecule has 0 saturated heterocycles. The van der Waals surface area contributed by atoms with Crippen molar-refractivity contribution < 1.29 is 58.6 Å². The van der Waals surface area contributed by atoms with Gasteiger partial charge in [0, 0.05) is 22.9 Å². The van der Waals surface area contributed by atoms with E-state index in [0.717, 1.165) is 46.2 Å². The van der Waals surface area contributed by atoms with Crippen LogP contribution in [0.3, 0.4) is 0 Å². The van der Waals surface area contributed by atoms with Gasteiger partial charge in [0.2, 0.25) is 0 Å². The molecule has 0 saturated carbocycles. The van der Waals surface area contributed by atoms with Crippen LogP contribution in [0, 0.1) is 20.8 Å². The van der Waals surface area contributed by atoms with Crippen LogP contribution in [0.4, 0.5) is 0 Å². The molecule has 0 aliphatic carbocycles. The highest BCUT2D eigenvalue weighted by Gasteiger charge is 2.40. The average molecular weight is 751 g/mol. The molecule has 3 aromatic rings. The smallest absolute Gasteiger partial charge is 0.492 e. The van der Waals surface area contributed by atoms with Gasteiger partial charge in [-0.1, -0.05) is 32.0 Å². The van der Waals surface area contributed by atoms with Crippen LogP contribution in [0.15, 0.2) is 36.4 Å². The van der Waals surface area contributed by atoms with E-state index in [0.29, 0.717) is 40.2 Å². The molecule has 0 radical (unpaired) electrons. The second kappa shape index (κ2) is 19.1. The normalized spacial score (nSPS) is 18.9. The van der Waals surface area contributed by atoms with Gasteiger partial charge in [0.1, 0.15) is 37.1 Å². The highest BCUT2D eigenvalue weighted by Crippen LogP contribution is 2.34. The van der Waals surface area contributed by atoms with E-state index in [9.17, 15) is 25.3 Å². The van der Waals surface area contributed by atoms with Crippen LogP contribution in [0.1, 0.15) is 99.2 Å². The predicted octanol–water partition coefficient (Wildman–Crippen LogP) is 1.32. The second-order valence-corrected chi connectivity index (χ2v) is 14.4. The van der Waals surface area contributed by atoms with E-state index in [2.05, 4.69) is 0 Å². The van der Waals surface area contributed by atoms with Gasteiger partial charge in [-0.3, -0.25) is 0 Å². The van der Waals surface area contributed by atoms with Gasteiger partial charge < -0.3 is 64.3 Å². The summed E-state index contributed by atoms with van der Waals surface area (Å²) in [5.41, 5.74) is 12.9. The number of hydrogen-bond donors (Lipinski definition) is 7. The van der Waals surface area contributed by atoms with Gasteiger partial charge >= 0.3 is 21.4 Å². The lowest BCUT2D eigenvalue weighted by atomic mass is 9.77. The van der Waals surface area contributed by atoms with Crippen molar-refractivity contribution in [2.45, 2.75) is 98.2 Å². The molecular formula is C38H56B3NO12. The summed E-state index contributed by atoms with van der Waals surface area (Å²) in [6.45, 7) is 15.8. The monoisotopic (exact) mass is 751 g/mol. The van der Waals surface area contributed by atoms with E-state index in [1.54, 1.807) is 26.8 Å². The summed E-state index contributed by atoms with van der Waals surface area (Å²) in [6.07, 6.45) is 0.626. The first-order chi connectivity index (χ1) is 25.6. The van der Waals surface area contributed by atoms with Crippen LogP contribution in [0.25, 0.3) is 0 Å². The quantitative estimate of drug-likeness (QED) is 0.131. The number of aryl methyl sites for hydroxylation is 3. The molecule has 3 aliphatic heterocycles. The zero-order chi connectivity index (χ0) is 39.9. The Hall–Kier alpha value is -3.15. The molecule has 8 N–H and O–H groups in total. The number of ether oxygens (including phenoxy) is 3. The van der Waals surface area contributed by atoms with E-state index >= 15 is 0 Å². The first kappa shape index (κ1) is 43.6. The van der Waals surface area contributed by atoms with Crippen LogP contribution < -0.4 is 36.3 Å². The number of hydrogen-bond acceptors (Lipinski definition) is 13. The molecule has 54 heavy (non-hydrogen) atoms. The molecule has 3 aliphatic rings. The van der Waals surface area contributed by atoms with E-state index in [1.807, 2.05) is 65.0 Å². The molecule has 294 valence electrons. The zero-order valence-corrected chi connectivity index (χ0v) is 32.7. The molecule has 0 bridgehead atoms. The summed E-state index contributed by atoms with van der Waals surface area (Å²) < 4.78 is 33.0. The lowest BCUT2D eigenvalue weighted by molar-refractivity contribution is 0.0288. The third-order valence-corrected chi connectivity index (χ3v) is 9.35. The van der Waals surface area contributed by atoms with Gasteiger partial charge in [0.25, 0.3) is 0 Å². The summed E-state index contributed by atoms with van der Waals surface area (Å²) in [7, 11) is -2.89. The molecule has 6 rings (SSSR count). The Kier molecular flexibility index (Phi) is 15.4. The summed E-state index contributed by atoms with van der Waals surface area (Å²) >= 11 is 0. The topological polar surface area (TPSA) is 203 Å². The molecule has 16 heteroatoms. The maximum Gasteiger partial charge on any atom is 0.495 e. The van der Waals surface area contributed by atoms with Crippen LogP contribution in [-0.2, 0) is 14.0 Å². The van der Waals surface area contributed by atoms with Crippen LogP contribution in [-0.4, -0.2) is 96.4 Å². The van der Waals surface area contributed by atoms with Crippen molar-refractivity contribution in [1.82, 2.24) is 0 Å². The number of rotatable bonds is 12. The number of aliphatic hydroxyl groups is 3. The third kappa shape index (κ3) is 10.2. The summed E-state index contributed by atoms with van der Waals surface area (Å²) in [5, 5.41) is 57.7. The minimum atomic E-state index is -1.03. The third-order valence-electron chi connectivity index (χ3n) is 9.35. The van der Waals surface area contributed by atoms with Gasteiger partial charge in [-0.15, -0.1) is 0 Å². The molecule has 0 fully saturated rings. The van der Waals surface area contributed by atoms with E-state index in [1.165, 1.54) is 0 Å². The molecule has 4 atom stereocenters. The van der Waals surface area contributed by atoms with E-state index < -0.39 is 33.1 Å². The fourth-order valence-corrected chi connectivity index (χ4v) is 6.87. The van der Waals surface area contributed by atoms with E-state index in [-0.39, 0.29) is 44.7 Å². The van der Waals surface area contributed by atoms with Crippen LogP contribution in [0.2, 0.25) is 0 Å². The second-order valence-electron chi connectivity index (χ2n) is 14.4. The first-order valence-corrected chi connectivity index (χ1v) is 18.6. The Bertz CT molecular complexity index is 1710. The van der Waals surface area contributed by atoms with Gasteiger partial charge in [-0.2, -0.15) is 0 Å². The fraction of sp³-hybridized carbons (Fsp3) is 0.526. The van der Waals surface area contributed by atoms with E-state index in [4.69, 9.17) is 39.0 Å². The summed E-state index contributed by atoms with van der Waals surface area (Å²) in [4.78, 5) is 0. The standard InChI is InChI=1S/C13H20BNO4.C13H19BO4.C12H17BO4/c1-8-4-5-9(18-7-13(2,3)16)12-11(8)10(6-15)19-14(12)17;1-4-10-12-8(2)5-6-11(17-7-9(3)15)13(12)14(16)18-10;1-3-9-11-8(2)4-5-10(16-7-6-14)12(11)13(15)17-9/h4-5,10,16-17H,6-7,15H2,1-3H3;5-6,9-10,15-16H,4,7H2,1-3H3;4-5,9,14-15H,3,6-7H2,1-2H3. The molecule has 0 spiro atoms. The SMILES string of the molecule is CCC1OB(O)c2c(OCC(C)O)ccc(C)c21.CCC1OB(O)c2c(OCCO)ccc(C)c21.Cc1ccc(OCC(C)(C)O)c2c1C(CN)OB2O. The Morgan fingerprint density at radius 1 is 0.704 bits per heavy atom. The molecule has 4 unspecified atom stereocenters. The maximum atomic E-state index is 10.00. The van der Waals surface area contributed by atoms with Crippen molar-refractivity contribution in [3.8, 4) is 17.2 Å². The highest BCUT2D eigenvalue weighted by molar-refractivity contribution is 6.64. The molecule has 3 heterocycles. The molecular weight excluding hydrogens is 695 g/mol. The number of benzene rings is 3. The number of fused-ring (bicyclic) bond motifs is 3. The molecule has 13 nitrogen and oxygen atoms in total. The predicted molar refractivity (Wildman–Crippen MR) is 209 cm³/mol. The van der Waals surface area contributed by atoms with Crippen molar-refractivity contribution in [2.24, 2.45) is 5.73 Å². The lowest BCUT2D eigenvalue weighted by Gasteiger charge is -2.20. The Balaban J connectivity index is 0.000000181. The van der Waals surface area contributed by atoms with Crippen molar-refractivity contribution >= 4 is 37.7 Å². The maximum absolute atomic E-state index is 10.00. The van der Waals surface area contributed by atoms with Gasteiger partial charge in [-0.25, -0.2) is 0 Å². The highest BCUT2D eigenvalue weighted by atomic mass is 16.5. The van der Waals surface area contributed by atoms with Gasteiger partial charge in [0.15, 0.2) is 0 Å². The minimum absolute atomic E-state index is 0.0448. The number of aliphatic hydroxyl groups excluding tert-OH is 2. The molecule has 3 aromatic carbocycles. The van der Waals surface area contributed by atoms with Crippen LogP contribution in [0.5, 0.6) is 17.2 Å². The van der Waals surface area contributed by atoms with Gasteiger partial charge in [0.05, 0.1) is 36.6 Å². The first-order valence-electron chi connectivity index (χ1n) is 18.6. The molecule has 0 aromatic heterocycles. The van der Waals surface area contributed by atoms with Crippen molar-refractivity contribution in [3.63, 3.8) is 0 Å². The largest absolute Gasteiger partial charge is 0.495 e. The van der Waals surface area contributed by atoms with Crippen molar-refractivity contribution in [1.29, 1.82) is 0 Å². The Morgan fingerprint density at radius 2 is 1.09 bits per heavy atom. The van der Waals surface area contributed by atoms with Crippen molar-refractivity contribution in [2.75, 3.05) is 33.0 Å². The summed E-state index contributed by atoms with van der Waals surface area (Å²) in [6, 6.07) is 11.2. The lowest BCUT2D eigenvalue weighted by Crippen LogP contribution is -2.34.